The molecule has 6 rings (SSSR count). The number of aromatic nitrogens is 2. The molecule has 0 N–H and O–H groups in total. The summed E-state index contributed by atoms with van der Waals surface area (Å²) in [6.07, 6.45) is 3.58. The van der Waals surface area contributed by atoms with E-state index < -0.39 is 0 Å². The Hall–Kier alpha value is -3.59. The van der Waals surface area contributed by atoms with Crippen molar-refractivity contribution < 1.29 is 24.5 Å². The first-order chi connectivity index (χ1) is 16.2. The summed E-state index contributed by atoms with van der Waals surface area (Å²) in [6, 6.07) is 34.4. The van der Waals surface area contributed by atoms with E-state index in [1.807, 2.05) is 66.7 Å². The van der Waals surface area contributed by atoms with Crippen LogP contribution in [-0.2, 0) is 20.1 Å². The van der Waals surface area contributed by atoms with E-state index in [0.29, 0.717) is 0 Å². The van der Waals surface area contributed by atoms with Crippen LogP contribution in [0.2, 0.25) is 0 Å². The largest absolute Gasteiger partial charge is 0.501 e. The van der Waals surface area contributed by atoms with Gasteiger partial charge in [0.2, 0.25) is 0 Å². The Kier molecular flexibility index (Phi) is 7.32. The van der Waals surface area contributed by atoms with Crippen molar-refractivity contribution in [2.24, 2.45) is 0 Å². The average Bonchev–Trinajstić information content (AvgIpc) is 3.23. The fraction of sp³-hybridized carbons (Fsp3) is 0.0667. The average molecular weight is 619 g/mol. The summed E-state index contributed by atoms with van der Waals surface area (Å²) >= 11 is 0. The van der Waals surface area contributed by atoms with E-state index in [2.05, 4.69) is 54.1 Å². The number of fused-ring (bicyclic) bond motifs is 3. The molecule has 4 heteroatoms. The molecule has 0 aliphatic carbocycles. The third-order valence-corrected chi connectivity index (χ3v) is 5.41. The van der Waals surface area contributed by atoms with E-state index in [-0.39, 0.29) is 20.1 Å². The Bertz CT molecular complexity index is 1530. The van der Waals surface area contributed by atoms with Gasteiger partial charge in [0, 0.05) is 37.9 Å². The number of hydrogen-bond donors (Lipinski definition) is 0. The van der Waals surface area contributed by atoms with Gasteiger partial charge in [0.1, 0.15) is 5.58 Å². The number of hydrogen-bond acceptors (Lipinski definition) is 3. The maximum Gasteiger partial charge on any atom is 0.120 e. The molecule has 0 bridgehead atoms. The van der Waals surface area contributed by atoms with E-state index in [1.54, 1.807) is 12.4 Å². The summed E-state index contributed by atoms with van der Waals surface area (Å²) in [5.41, 5.74) is 8.05. The van der Waals surface area contributed by atoms with Crippen molar-refractivity contribution in [3.05, 3.63) is 121 Å². The minimum Gasteiger partial charge on any atom is -0.501 e. The monoisotopic (exact) mass is 619 g/mol. The summed E-state index contributed by atoms with van der Waals surface area (Å²) in [6.45, 7) is 4.16. The van der Waals surface area contributed by atoms with Crippen molar-refractivity contribution in [1.29, 1.82) is 0 Å². The molecule has 34 heavy (non-hydrogen) atoms. The summed E-state index contributed by atoms with van der Waals surface area (Å²) in [7, 11) is 0. The number of aryl methyl sites for hydroxylation is 2. The third-order valence-electron chi connectivity index (χ3n) is 5.41. The van der Waals surface area contributed by atoms with Crippen LogP contribution in [-0.4, -0.2) is 9.97 Å². The Morgan fingerprint density at radius 1 is 0.676 bits per heavy atom. The normalized spacial score (nSPS) is 10.4. The molecule has 169 valence electrons. The number of pyridine rings is 2. The first kappa shape index (κ1) is 23.6. The first-order valence-electron chi connectivity index (χ1n) is 10.8. The summed E-state index contributed by atoms with van der Waals surface area (Å²) in [4.78, 5) is 8.65. The Labute approximate surface area is 212 Å². The van der Waals surface area contributed by atoms with Crippen molar-refractivity contribution in [1.82, 2.24) is 9.97 Å². The summed E-state index contributed by atoms with van der Waals surface area (Å²) in [5, 5.41) is 2.26. The van der Waals surface area contributed by atoms with Crippen molar-refractivity contribution in [3.63, 3.8) is 0 Å². The second-order valence-corrected chi connectivity index (χ2v) is 7.91. The summed E-state index contributed by atoms with van der Waals surface area (Å²) < 4.78 is 6.02. The zero-order valence-electron chi connectivity index (χ0n) is 18.9. The van der Waals surface area contributed by atoms with Gasteiger partial charge in [0.05, 0.1) is 5.58 Å². The zero-order chi connectivity index (χ0) is 22.6. The van der Waals surface area contributed by atoms with Crippen LogP contribution in [0.25, 0.3) is 44.5 Å². The molecular weight excluding hydrogens is 597 g/mol. The minimum absolute atomic E-state index is 0. The fourth-order valence-corrected chi connectivity index (χ4v) is 3.81. The van der Waals surface area contributed by atoms with Gasteiger partial charge in [0.25, 0.3) is 0 Å². The van der Waals surface area contributed by atoms with Crippen LogP contribution in [0.15, 0.2) is 102 Å². The maximum absolute atomic E-state index is 6.02. The van der Waals surface area contributed by atoms with Crippen molar-refractivity contribution in [3.8, 4) is 22.5 Å². The van der Waals surface area contributed by atoms with E-state index in [0.717, 1.165) is 44.5 Å². The molecule has 0 fully saturated rings. The van der Waals surface area contributed by atoms with Gasteiger partial charge < -0.3 is 14.4 Å². The third kappa shape index (κ3) is 4.99. The molecule has 0 saturated carbocycles. The van der Waals surface area contributed by atoms with Crippen LogP contribution in [0.4, 0.5) is 0 Å². The van der Waals surface area contributed by atoms with Crippen molar-refractivity contribution in [2.75, 3.05) is 0 Å². The van der Waals surface area contributed by atoms with Crippen LogP contribution in [0.5, 0.6) is 0 Å². The topological polar surface area (TPSA) is 38.9 Å². The molecule has 3 aromatic heterocycles. The Morgan fingerprint density at radius 2 is 1.38 bits per heavy atom. The molecule has 1 radical (unpaired) electrons. The number of nitrogens with zero attached hydrogens (tertiary/aromatic N) is 2. The van der Waals surface area contributed by atoms with Crippen LogP contribution in [0, 0.1) is 26.0 Å². The number of rotatable bonds is 2. The molecule has 0 aliphatic heterocycles. The predicted octanol–water partition coefficient (Wildman–Crippen LogP) is 7.61. The second kappa shape index (κ2) is 10.6. The van der Waals surface area contributed by atoms with E-state index in [9.17, 15) is 0 Å². The molecule has 0 atom stereocenters. The Morgan fingerprint density at radius 3 is 2.09 bits per heavy atom. The molecule has 3 aromatic carbocycles. The van der Waals surface area contributed by atoms with Gasteiger partial charge in [-0.1, -0.05) is 53.8 Å². The number of furan rings is 1. The summed E-state index contributed by atoms with van der Waals surface area (Å²) in [5.74, 6) is 0. The smallest absolute Gasteiger partial charge is 0.120 e. The van der Waals surface area contributed by atoms with Crippen LogP contribution in [0.3, 0.4) is 0 Å². The molecule has 3 nitrogen and oxygen atoms in total. The van der Waals surface area contributed by atoms with Gasteiger partial charge in [-0.2, -0.15) is 0 Å². The SMILES string of the molecule is Cc1cc[c-]c(-c2ccccn2)c1.Cc1ccc2oc3c(-c4ccccn4)[c-]ccc3c2c1.[Ir]. The zero-order valence-corrected chi connectivity index (χ0v) is 21.3. The van der Waals surface area contributed by atoms with E-state index in [1.165, 1.54) is 11.1 Å². The van der Waals surface area contributed by atoms with Gasteiger partial charge >= 0.3 is 0 Å². The molecule has 0 amide bonds. The van der Waals surface area contributed by atoms with Gasteiger partial charge in [0.15, 0.2) is 0 Å². The molecular formula is C30H22IrN2O-2. The van der Waals surface area contributed by atoms with Gasteiger partial charge in [-0.15, -0.1) is 53.6 Å². The standard InChI is InChI=1S/C18H12NO.C12H10N.Ir/c1-12-8-9-17-15(11-12)13-5-4-6-14(18(13)20-17)16-7-2-3-10-19-16;1-10-5-4-6-11(9-10)12-7-2-3-8-13-12;/h2-5,7-11H,1H3;2-5,7-9H,1H3;/q2*-1;. The first-order valence-corrected chi connectivity index (χ1v) is 10.8. The van der Waals surface area contributed by atoms with Gasteiger partial charge in [-0.25, -0.2) is 0 Å². The molecule has 0 aliphatic rings. The van der Waals surface area contributed by atoms with E-state index >= 15 is 0 Å². The van der Waals surface area contributed by atoms with Crippen molar-refractivity contribution in [2.45, 2.75) is 13.8 Å². The Balaban J connectivity index is 0.000000171. The van der Waals surface area contributed by atoms with Crippen LogP contribution < -0.4 is 0 Å². The molecule has 6 aromatic rings. The van der Waals surface area contributed by atoms with Crippen molar-refractivity contribution >= 4 is 21.9 Å². The minimum atomic E-state index is 0. The molecule has 0 unspecified atom stereocenters. The fourth-order valence-electron chi connectivity index (χ4n) is 3.81. The molecule has 0 spiro atoms. The quantitative estimate of drug-likeness (QED) is 0.188. The van der Waals surface area contributed by atoms with Gasteiger partial charge in [-0.05, 0) is 42.6 Å². The predicted molar refractivity (Wildman–Crippen MR) is 134 cm³/mol. The second-order valence-electron chi connectivity index (χ2n) is 7.91. The van der Waals surface area contributed by atoms with Gasteiger partial charge in [-0.3, -0.25) is 0 Å². The van der Waals surface area contributed by atoms with Crippen LogP contribution >= 0.6 is 0 Å². The maximum atomic E-state index is 6.02. The molecule has 3 heterocycles. The number of benzene rings is 3. The molecule has 0 saturated heterocycles. The van der Waals surface area contributed by atoms with E-state index in [4.69, 9.17) is 4.42 Å². The van der Waals surface area contributed by atoms with Crippen LogP contribution in [0.1, 0.15) is 11.1 Å².